The number of hydrogen-bond donors (Lipinski definition) is 4. The summed E-state index contributed by atoms with van der Waals surface area (Å²) in [6.45, 7) is 7.53. The van der Waals surface area contributed by atoms with Crippen LogP contribution in [0.2, 0.25) is 0 Å². The molecule has 12 heteroatoms. The van der Waals surface area contributed by atoms with Crippen LogP contribution in [0.1, 0.15) is 52.9 Å². The summed E-state index contributed by atoms with van der Waals surface area (Å²) < 4.78 is 44.0. The van der Waals surface area contributed by atoms with Gasteiger partial charge in [-0.3, -0.25) is 0 Å². The Bertz CT molecular complexity index is 1280. The Morgan fingerprint density at radius 1 is 0.955 bits per heavy atom. The maximum absolute atomic E-state index is 12.4. The van der Waals surface area contributed by atoms with Crippen LogP contribution in [0, 0.1) is 29.1 Å². The van der Waals surface area contributed by atoms with Crippen LogP contribution in [-0.2, 0) is 38.0 Å². The lowest BCUT2D eigenvalue weighted by Crippen LogP contribution is -2.69. The summed E-state index contributed by atoms with van der Waals surface area (Å²) in [6, 6.07) is 0. The van der Waals surface area contributed by atoms with Gasteiger partial charge in [-0.25, -0.2) is 4.79 Å². The van der Waals surface area contributed by atoms with Crippen molar-refractivity contribution in [1.29, 1.82) is 0 Å². The summed E-state index contributed by atoms with van der Waals surface area (Å²) in [5.41, 5.74) is 0.325. The van der Waals surface area contributed by atoms with E-state index >= 15 is 0 Å². The van der Waals surface area contributed by atoms with E-state index in [1.54, 1.807) is 0 Å². The zero-order valence-electron chi connectivity index (χ0n) is 25.4. The molecule has 0 radical (unpaired) electrons. The first-order valence-corrected chi connectivity index (χ1v) is 16.5. The molecule has 0 aromatic carbocycles. The summed E-state index contributed by atoms with van der Waals surface area (Å²) in [7, 11) is 0. The quantitative estimate of drug-likeness (QED) is 0.211. The van der Waals surface area contributed by atoms with Crippen molar-refractivity contribution in [3.63, 3.8) is 0 Å². The second kappa shape index (κ2) is 9.24. The van der Waals surface area contributed by atoms with Gasteiger partial charge in [0.15, 0.2) is 11.9 Å². The maximum Gasteiger partial charge on any atom is 0.334 e. The molecule has 12 nitrogen and oxygen atoms in total. The molecule has 0 aromatic heterocycles. The Labute approximate surface area is 255 Å². The van der Waals surface area contributed by atoms with Crippen molar-refractivity contribution in [1.82, 2.24) is 0 Å². The summed E-state index contributed by atoms with van der Waals surface area (Å²) in [4.78, 5) is 12.4. The molecular weight excluding hydrogens is 576 g/mol. The van der Waals surface area contributed by atoms with Gasteiger partial charge in [0.05, 0.1) is 25.9 Å². The monoisotopic (exact) mass is 620 g/mol. The summed E-state index contributed by atoms with van der Waals surface area (Å²) in [6.07, 6.45) is -2.50. The number of carbonyl (C=O) groups is 1. The topological polar surface area (TPSA) is 172 Å². The third-order valence-electron chi connectivity index (χ3n) is 13.2. The molecule has 244 valence electrons. The maximum atomic E-state index is 12.4. The third kappa shape index (κ3) is 3.36. The lowest BCUT2D eigenvalue weighted by molar-refractivity contribution is -0.304. The Morgan fingerprint density at radius 3 is 2.43 bits per heavy atom. The van der Waals surface area contributed by atoms with Gasteiger partial charge in [-0.2, -0.15) is 0 Å². The second-order valence-electron chi connectivity index (χ2n) is 15.5. The Balaban J connectivity index is 0.887. The van der Waals surface area contributed by atoms with E-state index in [1.807, 2.05) is 0 Å². The highest BCUT2D eigenvalue weighted by Crippen LogP contribution is 2.83. The highest BCUT2D eigenvalue weighted by atomic mass is 16.8. The van der Waals surface area contributed by atoms with E-state index in [4.69, 9.17) is 33.2 Å². The van der Waals surface area contributed by atoms with Gasteiger partial charge in [0.1, 0.15) is 60.5 Å². The molecule has 14 unspecified atom stereocenters. The average molecular weight is 621 g/mol. The zero-order valence-corrected chi connectivity index (χ0v) is 25.4. The summed E-state index contributed by atoms with van der Waals surface area (Å²) in [5, 5.41) is 39.8. The molecule has 4 aliphatic carbocycles. The first-order valence-electron chi connectivity index (χ1n) is 16.5. The van der Waals surface area contributed by atoms with Crippen LogP contribution in [0.3, 0.4) is 0 Å². The van der Waals surface area contributed by atoms with Crippen molar-refractivity contribution in [2.45, 2.75) is 125 Å². The van der Waals surface area contributed by atoms with Gasteiger partial charge in [0, 0.05) is 11.0 Å². The van der Waals surface area contributed by atoms with Gasteiger partial charge < -0.3 is 53.6 Å². The molecule has 4 N–H and O–H groups in total. The van der Waals surface area contributed by atoms with Crippen molar-refractivity contribution in [2.24, 2.45) is 29.1 Å². The van der Waals surface area contributed by atoms with E-state index in [2.05, 4.69) is 20.8 Å². The van der Waals surface area contributed by atoms with Crippen LogP contribution in [-0.4, -0.2) is 125 Å². The van der Waals surface area contributed by atoms with Crippen LogP contribution in [0.4, 0.5) is 0 Å². The molecule has 0 amide bonds. The van der Waals surface area contributed by atoms with E-state index in [9.17, 15) is 25.2 Å². The number of epoxide rings is 3. The number of aliphatic hydroxyl groups excluding tert-OH is 4. The van der Waals surface area contributed by atoms with E-state index in [0.29, 0.717) is 32.2 Å². The zero-order chi connectivity index (χ0) is 30.6. The van der Waals surface area contributed by atoms with Gasteiger partial charge in [0.25, 0.3) is 0 Å². The molecule has 7 fully saturated rings. The second-order valence-corrected chi connectivity index (χ2v) is 15.5. The standard InChI is InChI=1S/C32H44O12/c1-13(2)30-24(43-30)25-32(44-25)29(3)5-4-16-17(12-38-26(16)37)18(29)8-20-31(32,42-20)28(30)40-11-15-6-14(7-15)10-39-27-23(36)22(35)21(34)19(9-33)41-27/h13-15,18-25,27-28,33-36H,4-12H2,1-3H3. The molecule has 9 aliphatic rings. The van der Waals surface area contributed by atoms with Crippen molar-refractivity contribution in [3.05, 3.63) is 11.1 Å². The average Bonchev–Trinajstić information content (AvgIpc) is 3.89. The molecular formula is C32H44O12. The molecule has 0 bridgehead atoms. The number of hydrogen-bond acceptors (Lipinski definition) is 12. The predicted molar refractivity (Wildman–Crippen MR) is 147 cm³/mol. The van der Waals surface area contributed by atoms with E-state index in [0.717, 1.165) is 36.8 Å². The number of ether oxygens (including phenoxy) is 7. The first kappa shape index (κ1) is 29.0. The van der Waals surface area contributed by atoms with E-state index in [1.165, 1.54) is 0 Å². The molecule has 0 aromatic rings. The number of aliphatic hydroxyl groups is 4. The highest BCUT2D eigenvalue weighted by molar-refractivity contribution is 5.92. The number of cyclic esters (lactones) is 1. The third-order valence-corrected chi connectivity index (χ3v) is 13.2. The first-order chi connectivity index (χ1) is 21.0. The normalized spacial score (nSPS) is 57.7. The van der Waals surface area contributed by atoms with Crippen molar-refractivity contribution < 1.29 is 58.4 Å². The molecule has 14 atom stereocenters. The Morgan fingerprint density at radius 2 is 1.70 bits per heavy atom. The molecule has 5 heterocycles. The fraction of sp³-hybridized carbons (Fsp3) is 0.906. The molecule has 5 aliphatic heterocycles. The van der Waals surface area contributed by atoms with E-state index < -0.39 is 54.1 Å². The van der Waals surface area contributed by atoms with Crippen LogP contribution in [0.25, 0.3) is 0 Å². The minimum Gasteiger partial charge on any atom is -0.458 e. The largest absolute Gasteiger partial charge is 0.458 e. The van der Waals surface area contributed by atoms with Crippen LogP contribution in [0.5, 0.6) is 0 Å². The molecule has 44 heavy (non-hydrogen) atoms. The molecule has 9 rings (SSSR count). The lowest BCUT2D eigenvalue weighted by Gasteiger charge is -2.54. The van der Waals surface area contributed by atoms with Crippen LogP contribution >= 0.6 is 0 Å². The highest BCUT2D eigenvalue weighted by Gasteiger charge is 3.00. The van der Waals surface area contributed by atoms with Crippen molar-refractivity contribution >= 4 is 5.97 Å². The lowest BCUT2D eigenvalue weighted by atomic mass is 9.46. The number of fused-ring (bicyclic) bond motifs is 4. The Hall–Kier alpha value is -1.19. The fourth-order valence-corrected chi connectivity index (χ4v) is 10.7. The minimum atomic E-state index is -1.45. The van der Waals surface area contributed by atoms with E-state index in [-0.39, 0.29) is 53.6 Å². The summed E-state index contributed by atoms with van der Waals surface area (Å²) >= 11 is 0. The van der Waals surface area contributed by atoms with Gasteiger partial charge in [-0.15, -0.1) is 0 Å². The van der Waals surface area contributed by atoms with Gasteiger partial charge >= 0.3 is 5.97 Å². The van der Waals surface area contributed by atoms with Crippen molar-refractivity contribution in [3.8, 4) is 0 Å². The van der Waals surface area contributed by atoms with Gasteiger partial charge in [-0.05, 0) is 61.3 Å². The summed E-state index contributed by atoms with van der Waals surface area (Å²) in [5.74, 6) is 0.829. The van der Waals surface area contributed by atoms with Crippen LogP contribution < -0.4 is 0 Å². The fourth-order valence-electron chi connectivity index (χ4n) is 10.7. The van der Waals surface area contributed by atoms with Gasteiger partial charge in [0.2, 0.25) is 0 Å². The van der Waals surface area contributed by atoms with Crippen molar-refractivity contribution in [2.75, 3.05) is 26.4 Å². The molecule has 4 saturated heterocycles. The molecule has 2 spiro atoms. The predicted octanol–water partition coefficient (Wildman–Crippen LogP) is -0.0299. The number of esters is 1. The Kier molecular flexibility index (Phi) is 6.09. The minimum absolute atomic E-state index is 0.0139. The SMILES string of the molecule is CC(C)C12OC1C1OC13C1(C)CCC4=C(COC4=O)C1CC1OC13C2OCC1CC(COC2OC(CO)C(O)C(O)C2O)C1. The smallest absolute Gasteiger partial charge is 0.334 e. The number of rotatable bonds is 8. The molecule has 3 saturated carbocycles. The van der Waals surface area contributed by atoms with Gasteiger partial charge in [-0.1, -0.05) is 20.8 Å². The van der Waals surface area contributed by atoms with Crippen LogP contribution in [0.15, 0.2) is 11.1 Å². The number of carbonyl (C=O) groups excluding carboxylic acids is 1.